The smallest absolute Gasteiger partial charge is 0.141 e. The Morgan fingerprint density at radius 2 is 2.33 bits per heavy atom. The Balaban J connectivity index is 2.87. The molecule has 0 aliphatic carbocycles. The van der Waals surface area contributed by atoms with Gasteiger partial charge in [-0.1, -0.05) is 0 Å². The Bertz CT molecular complexity index is 433. The largest absolute Gasteiger partial charge is 0.383 e. The van der Waals surface area contributed by atoms with Gasteiger partial charge in [-0.2, -0.15) is 0 Å². The van der Waals surface area contributed by atoms with Crippen molar-refractivity contribution in [3.8, 4) is 0 Å². The zero-order valence-electron chi connectivity index (χ0n) is 6.58. The summed E-state index contributed by atoms with van der Waals surface area (Å²) in [5.41, 5.74) is 6.67. The molecule has 0 spiro atoms. The van der Waals surface area contributed by atoms with Crippen LogP contribution in [0.3, 0.4) is 0 Å². The standard InChI is InChI=1S/C8H8FN3/c1-5-4-12-7(10)3-11-8(12)2-6(5)9/h2-4H,10H2,1H3. The maximum atomic E-state index is 13.0. The fourth-order valence-corrected chi connectivity index (χ4v) is 1.12. The van der Waals surface area contributed by atoms with Gasteiger partial charge in [0, 0.05) is 17.8 Å². The molecule has 0 radical (unpaired) electrons. The number of aromatic nitrogens is 2. The molecule has 2 rings (SSSR count). The van der Waals surface area contributed by atoms with Crippen molar-refractivity contribution in [2.45, 2.75) is 6.92 Å². The summed E-state index contributed by atoms with van der Waals surface area (Å²) in [4.78, 5) is 3.92. The molecule has 0 saturated heterocycles. The number of aryl methyl sites for hydroxylation is 1. The van der Waals surface area contributed by atoms with Crippen molar-refractivity contribution in [3.63, 3.8) is 0 Å². The van der Waals surface area contributed by atoms with Crippen molar-refractivity contribution >= 4 is 11.5 Å². The van der Waals surface area contributed by atoms with Gasteiger partial charge in [-0.3, -0.25) is 4.40 Å². The lowest BCUT2D eigenvalue weighted by Gasteiger charge is -1.99. The molecular weight excluding hydrogens is 157 g/mol. The molecule has 2 aromatic heterocycles. The lowest BCUT2D eigenvalue weighted by molar-refractivity contribution is 0.616. The molecule has 0 fully saturated rings. The van der Waals surface area contributed by atoms with Crippen LogP contribution in [0.15, 0.2) is 18.5 Å². The molecule has 12 heavy (non-hydrogen) atoms. The number of nitrogen functional groups attached to an aromatic ring is 1. The highest BCUT2D eigenvalue weighted by molar-refractivity contribution is 5.48. The minimum absolute atomic E-state index is 0.256. The first-order valence-corrected chi connectivity index (χ1v) is 3.57. The summed E-state index contributed by atoms with van der Waals surface area (Å²) in [5.74, 6) is 0.265. The van der Waals surface area contributed by atoms with E-state index in [4.69, 9.17) is 5.73 Å². The summed E-state index contributed by atoms with van der Waals surface area (Å²) < 4.78 is 14.6. The fourth-order valence-electron chi connectivity index (χ4n) is 1.12. The number of nitrogens with two attached hydrogens (primary N) is 1. The first-order valence-electron chi connectivity index (χ1n) is 3.57. The first kappa shape index (κ1) is 7.09. The Morgan fingerprint density at radius 3 is 3.08 bits per heavy atom. The van der Waals surface area contributed by atoms with Crippen LogP contribution in [0.5, 0.6) is 0 Å². The van der Waals surface area contributed by atoms with Gasteiger partial charge >= 0.3 is 0 Å². The van der Waals surface area contributed by atoms with Crippen LogP contribution in [-0.4, -0.2) is 9.38 Å². The fraction of sp³-hybridized carbons (Fsp3) is 0.125. The second kappa shape index (κ2) is 2.20. The summed E-state index contributed by atoms with van der Waals surface area (Å²) in [7, 11) is 0. The van der Waals surface area contributed by atoms with Gasteiger partial charge in [0.15, 0.2) is 0 Å². The van der Waals surface area contributed by atoms with E-state index in [0.717, 1.165) is 0 Å². The highest BCUT2D eigenvalue weighted by Gasteiger charge is 2.03. The van der Waals surface area contributed by atoms with Crippen LogP contribution < -0.4 is 5.73 Å². The molecule has 0 unspecified atom stereocenters. The Labute approximate surface area is 68.6 Å². The van der Waals surface area contributed by atoms with Crippen LogP contribution in [0.1, 0.15) is 5.56 Å². The van der Waals surface area contributed by atoms with Gasteiger partial charge in [0.2, 0.25) is 0 Å². The average molecular weight is 165 g/mol. The normalized spacial score (nSPS) is 10.8. The lowest BCUT2D eigenvalue weighted by atomic mass is 10.3. The molecule has 2 N–H and O–H groups in total. The molecule has 0 aromatic carbocycles. The topological polar surface area (TPSA) is 43.3 Å². The second-order valence-electron chi connectivity index (χ2n) is 2.72. The molecule has 0 bridgehead atoms. The number of nitrogens with zero attached hydrogens (tertiary/aromatic N) is 2. The minimum Gasteiger partial charge on any atom is -0.383 e. The van der Waals surface area contributed by atoms with Crippen molar-refractivity contribution in [1.29, 1.82) is 0 Å². The van der Waals surface area contributed by atoms with Gasteiger partial charge in [-0.05, 0) is 6.92 Å². The van der Waals surface area contributed by atoms with Crippen molar-refractivity contribution in [2.24, 2.45) is 0 Å². The van der Waals surface area contributed by atoms with E-state index in [1.54, 1.807) is 17.5 Å². The predicted molar refractivity (Wildman–Crippen MR) is 44.3 cm³/mol. The van der Waals surface area contributed by atoms with Gasteiger partial charge in [0.05, 0.1) is 6.20 Å². The average Bonchev–Trinajstić information content (AvgIpc) is 2.35. The monoisotopic (exact) mass is 165 g/mol. The molecule has 0 aliphatic heterocycles. The van der Waals surface area contributed by atoms with E-state index in [-0.39, 0.29) is 5.82 Å². The van der Waals surface area contributed by atoms with Crippen LogP contribution in [0, 0.1) is 12.7 Å². The van der Waals surface area contributed by atoms with Gasteiger partial charge in [0.25, 0.3) is 0 Å². The number of imidazole rings is 1. The second-order valence-corrected chi connectivity index (χ2v) is 2.72. The lowest BCUT2D eigenvalue weighted by Crippen LogP contribution is -1.94. The molecule has 3 nitrogen and oxygen atoms in total. The number of fused-ring (bicyclic) bond motifs is 1. The molecule has 0 aliphatic rings. The first-order chi connectivity index (χ1) is 5.68. The molecule has 4 heteroatoms. The van der Waals surface area contributed by atoms with E-state index in [2.05, 4.69) is 4.98 Å². The molecule has 62 valence electrons. The van der Waals surface area contributed by atoms with E-state index in [1.807, 2.05) is 0 Å². The zero-order valence-corrected chi connectivity index (χ0v) is 6.58. The third-order valence-electron chi connectivity index (χ3n) is 1.81. The molecule has 0 saturated carbocycles. The van der Waals surface area contributed by atoms with Crippen molar-refractivity contribution in [1.82, 2.24) is 9.38 Å². The van der Waals surface area contributed by atoms with Crippen LogP contribution >= 0.6 is 0 Å². The quantitative estimate of drug-likeness (QED) is 0.640. The summed E-state index contributed by atoms with van der Waals surface area (Å²) in [6, 6.07) is 1.37. The van der Waals surface area contributed by atoms with Gasteiger partial charge < -0.3 is 5.73 Å². The highest BCUT2D eigenvalue weighted by Crippen LogP contribution is 2.12. The predicted octanol–water partition coefficient (Wildman–Crippen LogP) is 1.36. The van der Waals surface area contributed by atoms with Gasteiger partial charge in [-0.25, -0.2) is 9.37 Å². The van der Waals surface area contributed by atoms with Crippen LogP contribution in [0.4, 0.5) is 10.2 Å². The maximum Gasteiger partial charge on any atom is 0.141 e. The Hall–Kier alpha value is -1.58. The molecule has 0 amide bonds. The summed E-state index contributed by atoms with van der Waals surface area (Å²) in [5, 5.41) is 0. The summed E-state index contributed by atoms with van der Waals surface area (Å²) >= 11 is 0. The van der Waals surface area contributed by atoms with E-state index >= 15 is 0 Å². The van der Waals surface area contributed by atoms with Crippen molar-refractivity contribution in [3.05, 3.63) is 29.8 Å². The molecule has 2 heterocycles. The van der Waals surface area contributed by atoms with Crippen molar-refractivity contribution < 1.29 is 4.39 Å². The number of hydrogen-bond donors (Lipinski definition) is 1. The van der Waals surface area contributed by atoms with Crippen molar-refractivity contribution in [2.75, 3.05) is 5.73 Å². The Kier molecular flexibility index (Phi) is 1.30. The highest BCUT2D eigenvalue weighted by atomic mass is 19.1. The molecule has 0 atom stereocenters. The Morgan fingerprint density at radius 1 is 1.58 bits per heavy atom. The van der Waals surface area contributed by atoms with E-state index in [0.29, 0.717) is 17.0 Å². The van der Waals surface area contributed by atoms with E-state index in [1.165, 1.54) is 12.3 Å². The number of halogens is 1. The summed E-state index contributed by atoms with van der Waals surface area (Å²) in [6.07, 6.45) is 3.14. The van der Waals surface area contributed by atoms with Crippen LogP contribution in [-0.2, 0) is 0 Å². The SMILES string of the molecule is Cc1cn2c(N)cnc2cc1F. The van der Waals surface area contributed by atoms with E-state index in [9.17, 15) is 4.39 Å². The number of hydrogen-bond acceptors (Lipinski definition) is 2. The number of rotatable bonds is 0. The maximum absolute atomic E-state index is 13.0. The molecular formula is C8H8FN3. The third-order valence-corrected chi connectivity index (χ3v) is 1.81. The third kappa shape index (κ3) is 0.845. The van der Waals surface area contributed by atoms with Gasteiger partial charge in [-0.15, -0.1) is 0 Å². The number of pyridine rings is 1. The molecule has 2 aromatic rings. The summed E-state index contributed by atoms with van der Waals surface area (Å²) in [6.45, 7) is 1.69. The van der Waals surface area contributed by atoms with Crippen LogP contribution in [0.25, 0.3) is 5.65 Å². The minimum atomic E-state index is -0.256. The van der Waals surface area contributed by atoms with E-state index < -0.39 is 0 Å². The number of anilines is 1. The van der Waals surface area contributed by atoms with Gasteiger partial charge in [0.1, 0.15) is 17.3 Å². The zero-order chi connectivity index (χ0) is 8.72. The van der Waals surface area contributed by atoms with Crippen LogP contribution in [0.2, 0.25) is 0 Å².